The van der Waals surface area contributed by atoms with Crippen LogP contribution in [0.2, 0.25) is 0 Å². The van der Waals surface area contributed by atoms with Crippen molar-refractivity contribution in [3.8, 4) is 0 Å². The predicted octanol–water partition coefficient (Wildman–Crippen LogP) is 8.22. The summed E-state index contributed by atoms with van der Waals surface area (Å²) in [5.41, 5.74) is 7.25. The van der Waals surface area contributed by atoms with Gasteiger partial charge >= 0.3 is 10.1 Å². The van der Waals surface area contributed by atoms with E-state index in [2.05, 4.69) is 0 Å². The molecule has 0 aliphatic carbocycles. The van der Waals surface area contributed by atoms with Crippen LogP contribution < -0.4 is 0 Å². The second-order valence-electron chi connectivity index (χ2n) is 9.50. The average molecular weight is 527 g/mol. The van der Waals surface area contributed by atoms with Gasteiger partial charge in [0.25, 0.3) is 0 Å². The Kier molecular flexibility index (Phi) is 6.47. The summed E-state index contributed by atoms with van der Waals surface area (Å²) < 4.78 is 34.1. The fourth-order valence-corrected chi connectivity index (χ4v) is 6.42. The SMILES string of the molecule is Cc1cc2c(c(/C(=C/c3ccccc3)c3ccccc3)c1)S(=O)(=O)OC(c1ccccc1)=C2c1ccccc1. The van der Waals surface area contributed by atoms with Crippen LogP contribution in [0.5, 0.6) is 0 Å². The van der Waals surface area contributed by atoms with Gasteiger partial charge in [0.1, 0.15) is 4.90 Å². The number of fused-ring (bicyclic) bond motifs is 1. The van der Waals surface area contributed by atoms with E-state index >= 15 is 0 Å². The Labute approximate surface area is 229 Å². The summed E-state index contributed by atoms with van der Waals surface area (Å²) in [6.45, 7) is 2.00. The minimum Gasteiger partial charge on any atom is -0.378 e. The molecule has 0 amide bonds. The van der Waals surface area contributed by atoms with Crippen LogP contribution in [0.4, 0.5) is 0 Å². The van der Waals surface area contributed by atoms with Gasteiger partial charge in [-0.05, 0) is 53.0 Å². The number of benzene rings is 5. The summed E-state index contributed by atoms with van der Waals surface area (Å²) in [6.07, 6.45) is 2.04. The standard InChI is InChI=1S/C35H26O3S/c1-25-22-31(30(27-16-8-3-9-17-27)24-26-14-6-2-7-15-26)35-32(23-25)33(28-18-10-4-11-19-28)34(38-39(35,36)37)29-20-12-5-13-21-29/h2-24H,1H3/b30-24+. The molecule has 0 aromatic heterocycles. The highest BCUT2D eigenvalue weighted by molar-refractivity contribution is 7.87. The lowest BCUT2D eigenvalue weighted by Gasteiger charge is -2.27. The predicted molar refractivity (Wildman–Crippen MR) is 158 cm³/mol. The Balaban J connectivity index is 1.71. The van der Waals surface area contributed by atoms with Gasteiger partial charge in [-0.25, -0.2) is 0 Å². The van der Waals surface area contributed by atoms with Gasteiger partial charge in [0, 0.05) is 22.3 Å². The zero-order valence-corrected chi connectivity index (χ0v) is 22.2. The number of hydrogen-bond acceptors (Lipinski definition) is 3. The quantitative estimate of drug-likeness (QED) is 0.171. The van der Waals surface area contributed by atoms with Crippen molar-refractivity contribution in [3.63, 3.8) is 0 Å². The summed E-state index contributed by atoms with van der Waals surface area (Å²) in [7, 11) is -4.17. The van der Waals surface area contributed by atoms with E-state index in [0.717, 1.165) is 33.4 Å². The molecule has 0 unspecified atom stereocenters. The van der Waals surface area contributed by atoms with Crippen molar-refractivity contribution < 1.29 is 12.6 Å². The summed E-state index contributed by atoms with van der Waals surface area (Å²) in [6, 6.07) is 43.0. The van der Waals surface area contributed by atoms with E-state index in [1.165, 1.54) is 0 Å². The van der Waals surface area contributed by atoms with Crippen molar-refractivity contribution in [1.82, 2.24) is 0 Å². The van der Waals surface area contributed by atoms with Crippen LogP contribution in [0.25, 0.3) is 23.0 Å². The summed E-state index contributed by atoms with van der Waals surface area (Å²) in [5.74, 6) is 0.333. The molecule has 4 heteroatoms. The lowest BCUT2D eigenvalue weighted by atomic mass is 9.88. The highest BCUT2D eigenvalue weighted by atomic mass is 32.2. The van der Waals surface area contributed by atoms with Crippen LogP contribution in [0.1, 0.15) is 38.9 Å². The maximum Gasteiger partial charge on any atom is 0.340 e. The van der Waals surface area contributed by atoms with Crippen molar-refractivity contribution in [2.45, 2.75) is 11.8 Å². The van der Waals surface area contributed by atoms with E-state index in [-0.39, 0.29) is 4.90 Å². The number of aryl methyl sites for hydroxylation is 1. The molecule has 0 N–H and O–H groups in total. The van der Waals surface area contributed by atoms with E-state index in [4.69, 9.17) is 4.18 Å². The minimum atomic E-state index is -4.17. The molecule has 0 saturated heterocycles. The van der Waals surface area contributed by atoms with Crippen molar-refractivity contribution in [3.05, 3.63) is 172 Å². The maximum absolute atomic E-state index is 14.1. The van der Waals surface area contributed by atoms with Crippen LogP contribution in [-0.4, -0.2) is 8.42 Å². The van der Waals surface area contributed by atoms with E-state index in [1.807, 2.05) is 146 Å². The van der Waals surface area contributed by atoms with Crippen LogP contribution in [0.15, 0.2) is 138 Å². The summed E-state index contributed by atoms with van der Waals surface area (Å²) >= 11 is 0. The van der Waals surface area contributed by atoms with Crippen LogP contribution in [0.3, 0.4) is 0 Å². The van der Waals surface area contributed by atoms with Gasteiger partial charge in [0.2, 0.25) is 0 Å². The molecule has 0 fully saturated rings. The van der Waals surface area contributed by atoms with Gasteiger partial charge in [0.15, 0.2) is 5.76 Å². The Morgan fingerprint density at radius 3 is 1.82 bits per heavy atom. The topological polar surface area (TPSA) is 43.4 Å². The molecule has 0 atom stereocenters. The molecule has 0 saturated carbocycles. The lowest BCUT2D eigenvalue weighted by molar-refractivity contribution is 0.460. The molecule has 5 aromatic rings. The molecule has 1 heterocycles. The van der Waals surface area contributed by atoms with Crippen molar-refractivity contribution in [1.29, 1.82) is 0 Å². The van der Waals surface area contributed by atoms with Crippen molar-refractivity contribution >= 4 is 33.1 Å². The molecular weight excluding hydrogens is 500 g/mol. The fourth-order valence-electron chi connectivity index (χ4n) is 5.07. The monoisotopic (exact) mass is 526 g/mol. The van der Waals surface area contributed by atoms with Crippen LogP contribution >= 0.6 is 0 Å². The van der Waals surface area contributed by atoms with Gasteiger partial charge in [0.05, 0.1) is 0 Å². The van der Waals surface area contributed by atoms with E-state index in [9.17, 15) is 8.42 Å². The first kappa shape index (κ1) is 24.7. The van der Waals surface area contributed by atoms with Gasteiger partial charge in [-0.1, -0.05) is 121 Å². The largest absolute Gasteiger partial charge is 0.378 e. The highest BCUT2D eigenvalue weighted by Crippen LogP contribution is 2.46. The summed E-state index contributed by atoms with van der Waals surface area (Å²) in [5, 5.41) is 0. The third-order valence-corrected chi connectivity index (χ3v) is 8.08. The molecule has 3 nitrogen and oxygen atoms in total. The van der Waals surface area contributed by atoms with Gasteiger partial charge in [-0.2, -0.15) is 8.42 Å². The van der Waals surface area contributed by atoms with Crippen molar-refractivity contribution in [2.75, 3.05) is 0 Å². The fraction of sp³-hybridized carbons (Fsp3) is 0.0286. The van der Waals surface area contributed by atoms with Crippen LogP contribution in [-0.2, 0) is 14.3 Å². The first-order valence-electron chi connectivity index (χ1n) is 12.8. The average Bonchev–Trinajstić information content (AvgIpc) is 2.97. The molecule has 1 aliphatic rings. The first-order valence-corrected chi connectivity index (χ1v) is 14.2. The normalized spacial score (nSPS) is 14.4. The van der Waals surface area contributed by atoms with E-state index in [1.54, 1.807) is 0 Å². The Hall–Kier alpha value is -4.67. The van der Waals surface area contributed by atoms with Gasteiger partial charge < -0.3 is 4.18 Å². The smallest absolute Gasteiger partial charge is 0.340 e. The first-order chi connectivity index (χ1) is 19.0. The summed E-state index contributed by atoms with van der Waals surface area (Å²) in [4.78, 5) is 0.178. The van der Waals surface area contributed by atoms with Gasteiger partial charge in [-0.3, -0.25) is 0 Å². The molecule has 0 bridgehead atoms. The molecule has 39 heavy (non-hydrogen) atoms. The zero-order valence-electron chi connectivity index (χ0n) is 21.4. The Bertz CT molecular complexity index is 1810. The molecular formula is C35H26O3S. The second-order valence-corrected chi connectivity index (χ2v) is 11.0. The molecule has 1 aliphatic heterocycles. The third-order valence-electron chi connectivity index (χ3n) is 6.76. The Morgan fingerprint density at radius 2 is 1.21 bits per heavy atom. The molecule has 5 aromatic carbocycles. The number of hydrogen-bond donors (Lipinski definition) is 0. The molecule has 0 spiro atoms. The Morgan fingerprint density at radius 1 is 0.667 bits per heavy atom. The van der Waals surface area contributed by atoms with Crippen molar-refractivity contribution in [2.24, 2.45) is 0 Å². The lowest BCUT2D eigenvalue weighted by Crippen LogP contribution is -2.18. The molecule has 190 valence electrons. The minimum absolute atomic E-state index is 0.178. The second kappa shape index (κ2) is 10.2. The number of rotatable bonds is 5. The molecule has 0 radical (unpaired) electrons. The van der Waals surface area contributed by atoms with Crippen LogP contribution in [0, 0.1) is 6.92 Å². The molecule has 6 rings (SSSR count). The zero-order chi connectivity index (χ0) is 26.8. The van der Waals surface area contributed by atoms with E-state index in [0.29, 0.717) is 22.4 Å². The maximum atomic E-state index is 14.1. The van der Waals surface area contributed by atoms with E-state index < -0.39 is 10.1 Å². The third kappa shape index (κ3) is 4.83. The van der Waals surface area contributed by atoms with Gasteiger partial charge in [-0.15, -0.1) is 0 Å². The highest BCUT2D eigenvalue weighted by Gasteiger charge is 2.36.